The summed E-state index contributed by atoms with van der Waals surface area (Å²) in [6, 6.07) is 15.8. The fourth-order valence-electron chi connectivity index (χ4n) is 3.49. The highest BCUT2D eigenvalue weighted by atomic mass is 35.5. The first-order valence-corrected chi connectivity index (χ1v) is 9.79. The van der Waals surface area contributed by atoms with Crippen molar-refractivity contribution in [3.05, 3.63) is 75.9 Å². The van der Waals surface area contributed by atoms with Crippen molar-refractivity contribution in [2.45, 2.75) is 32.9 Å². The van der Waals surface area contributed by atoms with Crippen molar-refractivity contribution in [2.24, 2.45) is 0 Å². The lowest BCUT2D eigenvalue weighted by Gasteiger charge is -2.30. The van der Waals surface area contributed by atoms with Crippen molar-refractivity contribution in [3.8, 4) is 0 Å². The van der Waals surface area contributed by atoms with Gasteiger partial charge in [0.2, 0.25) is 5.95 Å². The molecule has 0 amide bonds. The highest BCUT2D eigenvalue weighted by molar-refractivity contribution is 6.30. The molecule has 1 aromatic heterocycles. The highest BCUT2D eigenvalue weighted by Gasteiger charge is 2.19. The average Bonchev–Trinajstić information content (AvgIpc) is 2.66. The summed E-state index contributed by atoms with van der Waals surface area (Å²) in [5.74, 6) is 1.47. The average molecular weight is 395 g/mol. The predicted molar refractivity (Wildman–Crippen MR) is 113 cm³/mol. The van der Waals surface area contributed by atoms with E-state index in [9.17, 15) is 5.11 Å². The van der Waals surface area contributed by atoms with E-state index in [2.05, 4.69) is 27.3 Å². The van der Waals surface area contributed by atoms with Gasteiger partial charge in [-0.2, -0.15) is 4.98 Å². The summed E-state index contributed by atoms with van der Waals surface area (Å²) >= 11 is 6.07. The maximum atomic E-state index is 9.81. The number of aryl methyl sites for hydroxylation is 1. The lowest BCUT2D eigenvalue weighted by atomic mass is 9.96. The molecule has 144 valence electrons. The van der Waals surface area contributed by atoms with Gasteiger partial charge in [0.1, 0.15) is 5.82 Å². The Hall–Kier alpha value is -2.63. The third kappa shape index (κ3) is 4.11. The van der Waals surface area contributed by atoms with Crippen LogP contribution in [-0.4, -0.2) is 21.6 Å². The minimum Gasteiger partial charge on any atom is -0.389 e. The van der Waals surface area contributed by atoms with Crippen LogP contribution in [0.1, 0.15) is 35.4 Å². The van der Waals surface area contributed by atoms with Crippen LogP contribution in [0.3, 0.4) is 0 Å². The number of aromatic nitrogens is 2. The van der Waals surface area contributed by atoms with Crippen molar-refractivity contribution >= 4 is 29.1 Å². The van der Waals surface area contributed by atoms with E-state index < -0.39 is 6.10 Å². The Morgan fingerprint density at radius 3 is 2.75 bits per heavy atom. The molecule has 2 aromatic carbocycles. The molecule has 2 heterocycles. The number of anilines is 3. The first-order valence-electron chi connectivity index (χ1n) is 9.41. The summed E-state index contributed by atoms with van der Waals surface area (Å²) in [5.41, 5.74) is 5.32. The van der Waals surface area contributed by atoms with E-state index in [1.165, 1.54) is 11.1 Å². The third-order valence-corrected chi connectivity index (χ3v) is 5.21. The van der Waals surface area contributed by atoms with Crippen LogP contribution in [0.5, 0.6) is 0 Å². The topological polar surface area (TPSA) is 61.3 Å². The van der Waals surface area contributed by atoms with E-state index >= 15 is 0 Å². The van der Waals surface area contributed by atoms with Gasteiger partial charge < -0.3 is 15.3 Å². The van der Waals surface area contributed by atoms with E-state index in [0.717, 1.165) is 42.3 Å². The number of fused-ring (bicyclic) bond motifs is 1. The van der Waals surface area contributed by atoms with E-state index in [4.69, 9.17) is 16.6 Å². The fraction of sp³-hybridized carbons (Fsp3) is 0.273. The highest BCUT2D eigenvalue weighted by Crippen LogP contribution is 2.27. The molecule has 0 aliphatic carbocycles. The van der Waals surface area contributed by atoms with Gasteiger partial charge >= 0.3 is 0 Å². The molecule has 0 bridgehead atoms. The molecule has 3 aromatic rings. The van der Waals surface area contributed by atoms with Crippen molar-refractivity contribution in [1.29, 1.82) is 0 Å². The number of hydrogen-bond donors (Lipinski definition) is 2. The number of rotatable bonds is 4. The molecule has 28 heavy (non-hydrogen) atoms. The van der Waals surface area contributed by atoms with E-state index in [0.29, 0.717) is 11.0 Å². The molecule has 6 heteroatoms. The summed E-state index contributed by atoms with van der Waals surface area (Å²) in [5, 5.41) is 13.7. The van der Waals surface area contributed by atoms with Crippen molar-refractivity contribution in [2.75, 3.05) is 16.8 Å². The second kappa shape index (κ2) is 7.78. The maximum absolute atomic E-state index is 9.81. The number of aliphatic hydroxyl groups excluding tert-OH is 1. The molecule has 2 N–H and O–H groups in total. The molecule has 0 radical (unpaired) electrons. The van der Waals surface area contributed by atoms with E-state index in [1.807, 2.05) is 43.3 Å². The van der Waals surface area contributed by atoms with Gasteiger partial charge in [-0.3, -0.25) is 0 Å². The van der Waals surface area contributed by atoms with E-state index in [1.54, 1.807) is 6.92 Å². The second-order valence-electron chi connectivity index (χ2n) is 7.20. The van der Waals surface area contributed by atoms with Crippen LogP contribution in [0.4, 0.5) is 17.5 Å². The van der Waals surface area contributed by atoms with Crippen LogP contribution in [0, 0.1) is 6.92 Å². The molecule has 0 saturated heterocycles. The van der Waals surface area contributed by atoms with Gasteiger partial charge in [0, 0.05) is 35.6 Å². The molecule has 0 fully saturated rings. The zero-order chi connectivity index (χ0) is 19.7. The molecule has 0 saturated carbocycles. The Morgan fingerprint density at radius 2 is 1.96 bits per heavy atom. The Balaban J connectivity index is 1.57. The van der Waals surface area contributed by atoms with Gasteiger partial charge in [0.25, 0.3) is 0 Å². The maximum Gasteiger partial charge on any atom is 0.229 e. The van der Waals surface area contributed by atoms with Crippen LogP contribution < -0.4 is 10.2 Å². The van der Waals surface area contributed by atoms with Gasteiger partial charge in [-0.25, -0.2) is 4.98 Å². The van der Waals surface area contributed by atoms with Crippen molar-refractivity contribution in [1.82, 2.24) is 9.97 Å². The molecule has 5 nitrogen and oxygen atoms in total. The Bertz CT molecular complexity index is 1010. The summed E-state index contributed by atoms with van der Waals surface area (Å²) in [6.07, 6.45) is 0.490. The lowest BCUT2D eigenvalue weighted by molar-refractivity contribution is 0.199. The van der Waals surface area contributed by atoms with Crippen LogP contribution in [0.25, 0.3) is 0 Å². The molecule has 4 rings (SSSR count). The summed E-state index contributed by atoms with van der Waals surface area (Å²) < 4.78 is 0. The monoisotopic (exact) mass is 394 g/mol. The van der Waals surface area contributed by atoms with Crippen LogP contribution in [0.15, 0.2) is 48.5 Å². The van der Waals surface area contributed by atoms with Crippen molar-refractivity contribution in [3.63, 3.8) is 0 Å². The SMILES string of the molecule is Cc1cc(N2CCc3cc([C@@H](C)O)ccc3C2)nc(Nc2cccc(Cl)c2)n1. The second-order valence-corrected chi connectivity index (χ2v) is 7.64. The van der Waals surface area contributed by atoms with Gasteiger partial charge in [0.05, 0.1) is 6.10 Å². The minimum atomic E-state index is -0.437. The smallest absolute Gasteiger partial charge is 0.229 e. The standard InChI is InChI=1S/C22H23ClN4O/c1-14-10-21(26-22(24-14)25-20-5-3-4-19(23)12-20)27-9-8-17-11-16(15(2)28)6-7-18(17)13-27/h3-7,10-12,15,28H,8-9,13H2,1-2H3,(H,24,25,26)/t15-/m1/s1. The number of aliphatic hydroxyl groups is 1. The predicted octanol–water partition coefficient (Wildman–Crippen LogP) is 4.80. The summed E-state index contributed by atoms with van der Waals surface area (Å²) in [4.78, 5) is 11.5. The molecule has 0 spiro atoms. The molecular weight excluding hydrogens is 372 g/mol. The first kappa shape index (κ1) is 18.7. The molecular formula is C22H23ClN4O. The molecule has 1 aliphatic heterocycles. The number of hydrogen-bond acceptors (Lipinski definition) is 5. The van der Waals surface area contributed by atoms with E-state index in [-0.39, 0.29) is 0 Å². The lowest BCUT2D eigenvalue weighted by Crippen LogP contribution is -2.31. The van der Waals surface area contributed by atoms with Gasteiger partial charge in [-0.1, -0.05) is 35.9 Å². The summed E-state index contributed by atoms with van der Waals surface area (Å²) in [6.45, 7) is 5.45. The number of nitrogens with zero attached hydrogens (tertiary/aromatic N) is 3. The number of halogens is 1. The quantitative estimate of drug-likeness (QED) is 0.665. The largest absolute Gasteiger partial charge is 0.389 e. The first-order chi connectivity index (χ1) is 13.5. The zero-order valence-electron chi connectivity index (χ0n) is 16.0. The molecule has 1 aliphatic rings. The van der Waals surface area contributed by atoms with Gasteiger partial charge in [-0.05, 0) is 55.2 Å². The fourth-order valence-corrected chi connectivity index (χ4v) is 3.68. The Morgan fingerprint density at radius 1 is 1.11 bits per heavy atom. The van der Waals surface area contributed by atoms with Crippen LogP contribution in [0.2, 0.25) is 5.02 Å². The van der Waals surface area contributed by atoms with Crippen LogP contribution >= 0.6 is 11.6 Å². The zero-order valence-corrected chi connectivity index (χ0v) is 16.7. The number of nitrogens with one attached hydrogen (secondary N) is 1. The molecule has 1 atom stereocenters. The van der Waals surface area contributed by atoms with Gasteiger partial charge in [-0.15, -0.1) is 0 Å². The molecule has 0 unspecified atom stereocenters. The normalized spacial score (nSPS) is 14.5. The number of benzene rings is 2. The minimum absolute atomic E-state index is 0.437. The summed E-state index contributed by atoms with van der Waals surface area (Å²) in [7, 11) is 0. The van der Waals surface area contributed by atoms with Crippen molar-refractivity contribution < 1.29 is 5.11 Å². The Kier molecular flexibility index (Phi) is 5.20. The van der Waals surface area contributed by atoms with Crippen LogP contribution in [-0.2, 0) is 13.0 Å². The van der Waals surface area contributed by atoms with Gasteiger partial charge in [0.15, 0.2) is 0 Å². The Labute approximate surface area is 170 Å². The third-order valence-electron chi connectivity index (χ3n) is 4.97.